The average Bonchev–Trinajstić information content (AvgIpc) is 2.24. The van der Waals surface area contributed by atoms with Crippen molar-refractivity contribution in [1.82, 2.24) is 5.32 Å². The first-order valence-corrected chi connectivity index (χ1v) is 5.68. The van der Waals surface area contributed by atoms with E-state index < -0.39 is 5.91 Å². The highest BCUT2D eigenvalue weighted by atomic mass is 16.5. The molecule has 0 radical (unpaired) electrons. The minimum atomic E-state index is -0.537. The fraction of sp³-hybridized carbons (Fsp3) is 0.333. The van der Waals surface area contributed by atoms with Crippen molar-refractivity contribution in [2.24, 2.45) is 11.7 Å². The summed E-state index contributed by atoms with van der Waals surface area (Å²) < 4.78 is 5.15. The second kappa shape index (κ2) is 5.50. The summed E-state index contributed by atoms with van der Waals surface area (Å²) in [5.41, 5.74) is 5.63. The molecule has 2 rings (SSSR count). The predicted octanol–water partition coefficient (Wildman–Crippen LogP) is -0.291. The highest BCUT2D eigenvalue weighted by molar-refractivity contribution is 5.93. The van der Waals surface area contributed by atoms with E-state index in [4.69, 9.17) is 10.5 Å². The molecule has 0 spiro atoms. The number of carbonyl (C=O) groups excluding carboxylic acids is 2. The molecule has 0 saturated carbocycles. The molecule has 1 aliphatic heterocycles. The summed E-state index contributed by atoms with van der Waals surface area (Å²) >= 11 is 0. The van der Waals surface area contributed by atoms with E-state index in [1.54, 1.807) is 24.3 Å². The third-order valence-electron chi connectivity index (χ3n) is 2.63. The molecular formula is C12H15N3O3. The van der Waals surface area contributed by atoms with Crippen molar-refractivity contribution in [2.75, 3.05) is 25.0 Å². The zero-order chi connectivity index (χ0) is 13.0. The molecule has 6 heteroatoms. The van der Waals surface area contributed by atoms with Gasteiger partial charge in [0.05, 0.1) is 5.92 Å². The lowest BCUT2D eigenvalue weighted by Gasteiger charge is -2.25. The van der Waals surface area contributed by atoms with Crippen LogP contribution in [0.5, 0.6) is 5.75 Å². The Morgan fingerprint density at radius 3 is 2.83 bits per heavy atom. The Morgan fingerprint density at radius 1 is 1.44 bits per heavy atom. The van der Waals surface area contributed by atoms with Gasteiger partial charge in [-0.3, -0.25) is 9.59 Å². The summed E-state index contributed by atoms with van der Waals surface area (Å²) in [7, 11) is 0. The Kier molecular flexibility index (Phi) is 3.78. The molecule has 6 nitrogen and oxygen atoms in total. The molecule has 1 saturated heterocycles. The summed E-state index contributed by atoms with van der Waals surface area (Å²) in [4.78, 5) is 22.3. The minimum Gasteiger partial charge on any atom is -0.484 e. The fourth-order valence-electron chi connectivity index (χ4n) is 1.54. The van der Waals surface area contributed by atoms with E-state index >= 15 is 0 Å². The van der Waals surface area contributed by atoms with Crippen LogP contribution >= 0.6 is 0 Å². The summed E-state index contributed by atoms with van der Waals surface area (Å²) in [6, 6.07) is 6.86. The monoisotopic (exact) mass is 249 g/mol. The van der Waals surface area contributed by atoms with E-state index in [1.807, 2.05) is 0 Å². The molecule has 2 amide bonds. The Morgan fingerprint density at radius 2 is 2.22 bits per heavy atom. The van der Waals surface area contributed by atoms with Crippen molar-refractivity contribution < 1.29 is 14.3 Å². The zero-order valence-electron chi connectivity index (χ0n) is 9.81. The maximum absolute atomic E-state index is 11.7. The van der Waals surface area contributed by atoms with E-state index in [0.717, 1.165) is 0 Å². The van der Waals surface area contributed by atoms with Gasteiger partial charge in [0.1, 0.15) is 5.75 Å². The van der Waals surface area contributed by atoms with E-state index in [0.29, 0.717) is 24.5 Å². The average molecular weight is 249 g/mol. The predicted molar refractivity (Wildman–Crippen MR) is 66.1 cm³/mol. The molecule has 0 aliphatic carbocycles. The van der Waals surface area contributed by atoms with Crippen LogP contribution < -0.4 is 21.1 Å². The Balaban J connectivity index is 1.93. The third kappa shape index (κ3) is 3.21. The molecular weight excluding hydrogens is 234 g/mol. The highest BCUT2D eigenvalue weighted by Gasteiger charge is 2.24. The van der Waals surface area contributed by atoms with Gasteiger partial charge < -0.3 is 21.1 Å². The van der Waals surface area contributed by atoms with Crippen LogP contribution in [-0.2, 0) is 9.59 Å². The van der Waals surface area contributed by atoms with E-state index in [2.05, 4.69) is 10.6 Å². The molecule has 96 valence electrons. The maximum Gasteiger partial charge on any atom is 0.255 e. The van der Waals surface area contributed by atoms with Gasteiger partial charge in [-0.15, -0.1) is 0 Å². The molecule has 0 atom stereocenters. The van der Waals surface area contributed by atoms with Gasteiger partial charge in [0.25, 0.3) is 5.91 Å². The van der Waals surface area contributed by atoms with Crippen molar-refractivity contribution in [2.45, 2.75) is 0 Å². The van der Waals surface area contributed by atoms with Crippen LogP contribution in [-0.4, -0.2) is 31.5 Å². The number of primary amides is 1. The van der Waals surface area contributed by atoms with Gasteiger partial charge in [-0.1, -0.05) is 6.07 Å². The second-order valence-electron chi connectivity index (χ2n) is 4.13. The highest BCUT2D eigenvalue weighted by Crippen LogP contribution is 2.18. The third-order valence-corrected chi connectivity index (χ3v) is 2.63. The lowest BCUT2D eigenvalue weighted by molar-refractivity contribution is -0.121. The molecule has 0 unspecified atom stereocenters. The van der Waals surface area contributed by atoms with Gasteiger partial charge in [-0.25, -0.2) is 0 Å². The van der Waals surface area contributed by atoms with Crippen LogP contribution in [0.1, 0.15) is 0 Å². The van der Waals surface area contributed by atoms with Gasteiger partial charge in [0.2, 0.25) is 5.91 Å². The molecule has 0 bridgehead atoms. The quantitative estimate of drug-likeness (QED) is 0.668. The number of nitrogens with two attached hydrogens (primary N) is 1. The van der Waals surface area contributed by atoms with Crippen molar-refractivity contribution in [1.29, 1.82) is 0 Å². The fourth-order valence-corrected chi connectivity index (χ4v) is 1.54. The van der Waals surface area contributed by atoms with Gasteiger partial charge in [-0.2, -0.15) is 0 Å². The lowest BCUT2D eigenvalue weighted by Crippen LogP contribution is -2.48. The summed E-state index contributed by atoms with van der Waals surface area (Å²) in [5.74, 6) is -0.0238. The van der Waals surface area contributed by atoms with Crippen molar-refractivity contribution in [3.05, 3.63) is 24.3 Å². The molecule has 1 aliphatic rings. The Hall–Kier alpha value is -2.08. The number of anilines is 1. The number of ether oxygens (including phenoxy) is 1. The van der Waals surface area contributed by atoms with E-state index in [-0.39, 0.29) is 18.4 Å². The summed E-state index contributed by atoms with van der Waals surface area (Å²) in [6.45, 7) is 1.25. The van der Waals surface area contributed by atoms with Crippen LogP contribution in [0.4, 0.5) is 5.69 Å². The van der Waals surface area contributed by atoms with Gasteiger partial charge >= 0.3 is 0 Å². The first-order valence-electron chi connectivity index (χ1n) is 5.68. The van der Waals surface area contributed by atoms with Crippen LogP contribution in [0, 0.1) is 5.92 Å². The first kappa shape index (κ1) is 12.4. The van der Waals surface area contributed by atoms with E-state index in [1.165, 1.54) is 0 Å². The smallest absolute Gasteiger partial charge is 0.255 e. The normalized spacial score (nSPS) is 14.7. The van der Waals surface area contributed by atoms with Gasteiger partial charge in [0, 0.05) is 24.8 Å². The molecule has 1 aromatic rings. The zero-order valence-corrected chi connectivity index (χ0v) is 9.81. The number of rotatable bonds is 5. The number of hydrogen-bond acceptors (Lipinski definition) is 4. The summed E-state index contributed by atoms with van der Waals surface area (Å²) in [5, 5.41) is 5.83. The molecule has 0 aromatic heterocycles. The largest absolute Gasteiger partial charge is 0.484 e. The van der Waals surface area contributed by atoms with Crippen molar-refractivity contribution in [3.63, 3.8) is 0 Å². The Labute approximate surface area is 104 Å². The number of nitrogens with one attached hydrogen (secondary N) is 2. The molecule has 4 N–H and O–H groups in total. The Bertz CT molecular complexity index is 458. The standard InChI is InChI=1S/C12H15N3O3/c13-11(16)7-18-10-3-1-2-9(4-10)15-12(17)8-5-14-6-8/h1-4,8,14H,5-7H2,(H2,13,16)(H,15,17). The van der Waals surface area contributed by atoms with Crippen LogP contribution in [0.2, 0.25) is 0 Å². The molecule has 1 aromatic carbocycles. The van der Waals surface area contributed by atoms with Crippen LogP contribution in [0.3, 0.4) is 0 Å². The number of benzene rings is 1. The van der Waals surface area contributed by atoms with Gasteiger partial charge in [0.15, 0.2) is 6.61 Å². The van der Waals surface area contributed by atoms with Crippen molar-refractivity contribution in [3.8, 4) is 5.75 Å². The molecule has 1 heterocycles. The summed E-state index contributed by atoms with van der Waals surface area (Å²) in [6.07, 6.45) is 0. The van der Waals surface area contributed by atoms with Gasteiger partial charge in [-0.05, 0) is 12.1 Å². The van der Waals surface area contributed by atoms with E-state index in [9.17, 15) is 9.59 Å². The SMILES string of the molecule is NC(=O)COc1cccc(NC(=O)C2CNC2)c1. The number of carbonyl (C=O) groups is 2. The maximum atomic E-state index is 11.7. The van der Waals surface area contributed by atoms with Crippen LogP contribution in [0.25, 0.3) is 0 Å². The first-order chi connectivity index (χ1) is 8.65. The minimum absolute atomic E-state index is 0.0131. The van der Waals surface area contributed by atoms with Crippen LogP contribution in [0.15, 0.2) is 24.3 Å². The van der Waals surface area contributed by atoms with Crippen molar-refractivity contribution >= 4 is 17.5 Å². The molecule has 18 heavy (non-hydrogen) atoms. The second-order valence-corrected chi connectivity index (χ2v) is 4.13. The number of hydrogen-bond donors (Lipinski definition) is 3. The molecule has 1 fully saturated rings. The number of amides is 2. The topological polar surface area (TPSA) is 93.5 Å². The lowest BCUT2D eigenvalue weighted by atomic mass is 10.0.